The van der Waals surface area contributed by atoms with E-state index in [0.717, 1.165) is 0 Å². The maximum Gasteiger partial charge on any atom is 0.391 e. The molecule has 0 unspecified atom stereocenters. The van der Waals surface area contributed by atoms with Crippen LogP contribution in [0.25, 0.3) is 5.95 Å². The molecule has 0 aromatic carbocycles. The molecule has 1 aliphatic heterocycles. The predicted octanol–water partition coefficient (Wildman–Crippen LogP) is 2.54. The highest BCUT2D eigenvalue weighted by Crippen LogP contribution is 2.37. The molecular weight excluding hydrogens is 363 g/mol. The molecule has 0 spiro atoms. The second-order valence-corrected chi connectivity index (χ2v) is 6.82. The zero-order chi connectivity index (χ0) is 19.0. The van der Waals surface area contributed by atoms with Crippen molar-refractivity contribution < 1.29 is 22.7 Å². The third kappa shape index (κ3) is 3.66. The van der Waals surface area contributed by atoms with Crippen LogP contribution >= 0.6 is 0 Å². The lowest BCUT2D eigenvalue weighted by molar-refractivity contribution is -0.182. The van der Waals surface area contributed by atoms with Gasteiger partial charge in [-0.2, -0.15) is 13.2 Å². The number of halogens is 3. The zero-order valence-corrected chi connectivity index (χ0v) is 14.4. The molecule has 10 heteroatoms. The van der Waals surface area contributed by atoms with Gasteiger partial charge in [0.1, 0.15) is 12.0 Å². The van der Waals surface area contributed by atoms with Crippen LogP contribution in [-0.4, -0.2) is 37.6 Å². The first-order valence-corrected chi connectivity index (χ1v) is 8.75. The minimum atomic E-state index is -4.17. The van der Waals surface area contributed by atoms with E-state index in [1.165, 1.54) is 6.33 Å². The Morgan fingerprint density at radius 3 is 2.63 bits per heavy atom. The van der Waals surface area contributed by atoms with Crippen LogP contribution in [0.4, 0.5) is 13.2 Å². The summed E-state index contributed by atoms with van der Waals surface area (Å²) in [6.07, 6.45) is 1.25. The number of nitrogens with zero attached hydrogens (tertiary/aromatic N) is 4. The number of imidazole rings is 1. The Bertz CT molecular complexity index is 830. The maximum atomic E-state index is 12.8. The minimum absolute atomic E-state index is 0.0275. The van der Waals surface area contributed by atoms with Crippen molar-refractivity contribution in [2.75, 3.05) is 0 Å². The Hall–Kier alpha value is -2.49. The van der Waals surface area contributed by atoms with Gasteiger partial charge in [-0.25, -0.2) is 15.0 Å². The third-order valence-corrected chi connectivity index (χ3v) is 5.04. The molecule has 1 saturated carbocycles. The highest BCUT2D eigenvalue weighted by molar-refractivity contribution is 5.94. The summed E-state index contributed by atoms with van der Waals surface area (Å²) in [5.74, 6) is -1.38. The van der Waals surface area contributed by atoms with Crippen LogP contribution in [0.1, 0.15) is 47.4 Å². The number of fused-ring (bicyclic) bond motifs is 1. The summed E-state index contributed by atoms with van der Waals surface area (Å²) in [6.45, 7) is 0.527. The van der Waals surface area contributed by atoms with Crippen LogP contribution in [-0.2, 0) is 18.0 Å². The molecule has 7 nitrogen and oxygen atoms in total. The minimum Gasteiger partial charge on any atom is -0.370 e. The topological polar surface area (TPSA) is 81.9 Å². The fraction of sp³-hybridized carbons (Fsp3) is 0.529. The normalized spacial score (nSPS) is 22.5. The summed E-state index contributed by atoms with van der Waals surface area (Å²) in [5.41, 5.74) is 1.47. The number of aromatic nitrogens is 4. The van der Waals surface area contributed by atoms with E-state index in [1.54, 1.807) is 17.0 Å². The molecule has 2 aromatic heterocycles. The summed E-state index contributed by atoms with van der Waals surface area (Å²) in [6, 6.07) is -0.291. The van der Waals surface area contributed by atoms with Gasteiger partial charge in [0.05, 0.1) is 24.8 Å². The molecule has 3 heterocycles. The number of hydrogen-bond donors (Lipinski definition) is 1. The van der Waals surface area contributed by atoms with Crippen LogP contribution in [0, 0.1) is 5.92 Å². The second-order valence-electron chi connectivity index (χ2n) is 6.82. The van der Waals surface area contributed by atoms with Gasteiger partial charge in [0, 0.05) is 24.0 Å². The van der Waals surface area contributed by atoms with Gasteiger partial charge in [-0.05, 0) is 25.7 Å². The second kappa shape index (κ2) is 6.91. The Labute approximate surface area is 153 Å². The summed E-state index contributed by atoms with van der Waals surface area (Å²) < 4.78 is 45.4. The number of hydrogen-bond acceptors (Lipinski definition) is 5. The van der Waals surface area contributed by atoms with E-state index in [-0.39, 0.29) is 37.8 Å². The highest BCUT2D eigenvalue weighted by Gasteiger charge is 2.41. The van der Waals surface area contributed by atoms with Gasteiger partial charge in [-0.1, -0.05) is 0 Å². The maximum absolute atomic E-state index is 12.8. The van der Waals surface area contributed by atoms with E-state index in [0.29, 0.717) is 30.0 Å². The van der Waals surface area contributed by atoms with Gasteiger partial charge < -0.3 is 10.1 Å². The molecule has 1 fully saturated rings. The van der Waals surface area contributed by atoms with Gasteiger partial charge >= 0.3 is 6.18 Å². The van der Waals surface area contributed by atoms with E-state index < -0.39 is 18.0 Å². The molecule has 0 atom stereocenters. The number of nitrogens with one attached hydrogen (secondary N) is 1. The van der Waals surface area contributed by atoms with E-state index in [4.69, 9.17) is 4.74 Å². The van der Waals surface area contributed by atoms with Crippen LogP contribution < -0.4 is 5.32 Å². The highest BCUT2D eigenvalue weighted by atomic mass is 19.4. The molecule has 1 aliphatic carbocycles. The lowest BCUT2D eigenvalue weighted by atomic mass is 9.85. The van der Waals surface area contributed by atoms with Crippen LogP contribution in [0.15, 0.2) is 18.7 Å². The lowest BCUT2D eigenvalue weighted by Gasteiger charge is -2.30. The molecule has 0 radical (unpaired) electrons. The first-order chi connectivity index (χ1) is 12.9. The van der Waals surface area contributed by atoms with Crippen molar-refractivity contribution in [3.8, 4) is 5.95 Å². The Morgan fingerprint density at radius 1 is 1.19 bits per heavy atom. The third-order valence-electron chi connectivity index (χ3n) is 5.04. The fourth-order valence-electron chi connectivity index (χ4n) is 3.54. The van der Waals surface area contributed by atoms with Crippen molar-refractivity contribution >= 4 is 5.91 Å². The van der Waals surface area contributed by atoms with E-state index >= 15 is 0 Å². The van der Waals surface area contributed by atoms with Crippen molar-refractivity contribution in [3.63, 3.8) is 0 Å². The Balaban J connectivity index is 1.51. The lowest BCUT2D eigenvalue weighted by Crippen LogP contribution is -2.40. The Morgan fingerprint density at radius 2 is 1.96 bits per heavy atom. The summed E-state index contributed by atoms with van der Waals surface area (Å²) in [4.78, 5) is 25.5. The van der Waals surface area contributed by atoms with Crippen molar-refractivity contribution in [1.29, 1.82) is 0 Å². The zero-order valence-electron chi connectivity index (χ0n) is 14.4. The molecule has 1 amide bonds. The summed E-state index contributed by atoms with van der Waals surface area (Å²) in [5, 5.41) is 2.83. The van der Waals surface area contributed by atoms with Gasteiger partial charge in [0.25, 0.3) is 5.91 Å². The predicted molar refractivity (Wildman–Crippen MR) is 86.9 cm³/mol. The average Bonchev–Trinajstić information content (AvgIpc) is 3.32. The molecule has 144 valence electrons. The standard InChI is InChI=1S/C17H18F3N5O2/c18-17(19,20)10-1-3-11(4-2-10)22-15(26)14-12-7-27-8-13(12)23-16(24-14)25-6-5-21-9-25/h5-6,9-11H,1-4,7-8H2,(H,22,26). The number of ether oxygens (including phenoxy) is 1. The van der Waals surface area contributed by atoms with E-state index in [1.807, 2.05) is 0 Å². The quantitative estimate of drug-likeness (QED) is 0.884. The monoisotopic (exact) mass is 381 g/mol. The smallest absolute Gasteiger partial charge is 0.370 e. The average molecular weight is 381 g/mol. The van der Waals surface area contributed by atoms with Gasteiger partial charge in [-0.3, -0.25) is 9.36 Å². The van der Waals surface area contributed by atoms with Crippen molar-refractivity contribution in [2.45, 2.75) is 51.1 Å². The van der Waals surface area contributed by atoms with Crippen LogP contribution in [0.5, 0.6) is 0 Å². The van der Waals surface area contributed by atoms with Crippen molar-refractivity contribution in [3.05, 3.63) is 35.7 Å². The molecule has 0 saturated heterocycles. The molecular formula is C17H18F3N5O2. The number of carbonyl (C=O) groups excluding carboxylic acids is 1. The molecule has 1 N–H and O–H groups in total. The first kappa shape index (κ1) is 17.9. The van der Waals surface area contributed by atoms with Gasteiger partial charge in [0.2, 0.25) is 5.95 Å². The SMILES string of the molecule is O=C(NC1CCC(C(F)(F)F)CC1)c1nc(-n2ccnc2)nc2c1COC2. The fourth-order valence-corrected chi connectivity index (χ4v) is 3.54. The van der Waals surface area contributed by atoms with Gasteiger partial charge in [0.15, 0.2) is 0 Å². The summed E-state index contributed by atoms with van der Waals surface area (Å²) >= 11 is 0. The van der Waals surface area contributed by atoms with Crippen LogP contribution in [0.3, 0.4) is 0 Å². The number of rotatable bonds is 3. The number of carbonyl (C=O) groups is 1. The largest absolute Gasteiger partial charge is 0.391 e. The molecule has 4 rings (SSSR count). The molecule has 27 heavy (non-hydrogen) atoms. The van der Waals surface area contributed by atoms with Gasteiger partial charge in [-0.15, -0.1) is 0 Å². The summed E-state index contributed by atoms with van der Waals surface area (Å²) in [7, 11) is 0. The first-order valence-electron chi connectivity index (χ1n) is 8.75. The number of amides is 1. The van der Waals surface area contributed by atoms with Crippen molar-refractivity contribution in [1.82, 2.24) is 24.8 Å². The van der Waals surface area contributed by atoms with E-state index in [9.17, 15) is 18.0 Å². The Kier molecular flexibility index (Phi) is 4.58. The van der Waals surface area contributed by atoms with Crippen LogP contribution in [0.2, 0.25) is 0 Å². The van der Waals surface area contributed by atoms with Crippen molar-refractivity contribution in [2.24, 2.45) is 5.92 Å². The molecule has 2 aromatic rings. The molecule has 0 bridgehead atoms. The number of alkyl halides is 3. The molecule has 2 aliphatic rings. The van der Waals surface area contributed by atoms with E-state index in [2.05, 4.69) is 20.3 Å².